The molecular formula is C14H18N2O2. The van der Waals surface area contributed by atoms with Crippen molar-refractivity contribution in [1.29, 1.82) is 0 Å². The van der Waals surface area contributed by atoms with Gasteiger partial charge in [0.1, 0.15) is 11.9 Å². The number of nitrogens with zero attached hydrogens (tertiary/aromatic N) is 1. The predicted octanol–water partition coefficient (Wildman–Crippen LogP) is 1.83. The SMILES string of the molecule is C[C@H](N=C1NC(C)(C)Cc2ccccc21)C(=O)O. The maximum Gasteiger partial charge on any atom is 0.328 e. The molecule has 0 amide bonds. The molecule has 0 saturated carbocycles. The van der Waals surface area contributed by atoms with Gasteiger partial charge >= 0.3 is 5.97 Å². The Morgan fingerprint density at radius 3 is 2.78 bits per heavy atom. The van der Waals surface area contributed by atoms with Gasteiger partial charge in [0.25, 0.3) is 0 Å². The number of benzene rings is 1. The monoisotopic (exact) mass is 246 g/mol. The Balaban J connectivity index is 2.45. The minimum atomic E-state index is -0.912. The van der Waals surface area contributed by atoms with Gasteiger partial charge in [0, 0.05) is 11.1 Å². The smallest absolute Gasteiger partial charge is 0.328 e. The Labute approximate surface area is 107 Å². The fourth-order valence-electron chi connectivity index (χ4n) is 2.16. The number of carbonyl (C=O) groups is 1. The van der Waals surface area contributed by atoms with Crippen molar-refractivity contribution in [3.8, 4) is 0 Å². The van der Waals surface area contributed by atoms with Crippen molar-refractivity contribution in [3.05, 3.63) is 35.4 Å². The number of amidine groups is 1. The first-order chi connectivity index (χ1) is 8.39. The zero-order valence-electron chi connectivity index (χ0n) is 10.9. The summed E-state index contributed by atoms with van der Waals surface area (Å²) in [4.78, 5) is 15.2. The molecule has 2 N–H and O–H groups in total. The Morgan fingerprint density at radius 1 is 1.44 bits per heavy atom. The van der Waals surface area contributed by atoms with E-state index in [1.807, 2.05) is 18.2 Å². The van der Waals surface area contributed by atoms with Crippen molar-refractivity contribution in [2.75, 3.05) is 0 Å². The molecule has 1 aliphatic rings. The lowest BCUT2D eigenvalue weighted by Crippen LogP contribution is -2.50. The molecular weight excluding hydrogens is 228 g/mol. The number of rotatable bonds is 2. The van der Waals surface area contributed by atoms with Crippen LogP contribution in [-0.2, 0) is 11.2 Å². The molecule has 4 nitrogen and oxygen atoms in total. The molecule has 0 spiro atoms. The van der Waals surface area contributed by atoms with Gasteiger partial charge in [-0.1, -0.05) is 24.3 Å². The highest BCUT2D eigenvalue weighted by Crippen LogP contribution is 2.23. The van der Waals surface area contributed by atoms with Crippen LogP contribution in [0.5, 0.6) is 0 Å². The minimum absolute atomic E-state index is 0.106. The van der Waals surface area contributed by atoms with E-state index in [1.165, 1.54) is 5.56 Å². The molecule has 0 aliphatic carbocycles. The Kier molecular flexibility index (Phi) is 3.11. The first-order valence-electron chi connectivity index (χ1n) is 6.06. The lowest BCUT2D eigenvalue weighted by atomic mass is 9.87. The second-order valence-corrected chi connectivity index (χ2v) is 5.33. The third-order valence-corrected chi connectivity index (χ3v) is 3.04. The lowest BCUT2D eigenvalue weighted by Gasteiger charge is -2.34. The summed E-state index contributed by atoms with van der Waals surface area (Å²) in [5.41, 5.74) is 2.10. The van der Waals surface area contributed by atoms with E-state index in [1.54, 1.807) is 6.92 Å². The van der Waals surface area contributed by atoms with Crippen LogP contribution in [0.15, 0.2) is 29.3 Å². The van der Waals surface area contributed by atoms with E-state index in [-0.39, 0.29) is 5.54 Å². The predicted molar refractivity (Wildman–Crippen MR) is 71.0 cm³/mol. The number of aliphatic carboxylic acids is 1. The average molecular weight is 246 g/mol. The Bertz CT molecular complexity index is 506. The van der Waals surface area contributed by atoms with Crippen molar-refractivity contribution < 1.29 is 9.90 Å². The minimum Gasteiger partial charge on any atom is -0.480 e. The van der Waals surface area contributed by atoms with Crippen LogP contribution < -0.4 is 5.32 Å². The summed E-state index contributed by atoms with van der Waals surface area (Å²) in [6.45, 7) is 5.76. The number of nitrogens with one attached hydrogen (secondary N) is 1. The number of carboxylic acids is 1. The second kappa shape index (κ2) is 4.44. The Morgan fingerprint density at radius 2 is 2.11 bits per heavy atom. The van der Waals surface area contributed by atoms with Gasteiger partial charge in [-0.05, 0) is 32.8 Å². The molecule has 1 atom stereocenters. The summed E-state index contributed by atoms with van der Waals surface area (Å²) in [5.74, 6) is -0.234. The van der Waals surface area contributed by atoms with Gasteiger partial charge in [-0.2, -0.15) is 0 Å². The second-order valence-electron chi connectivity index (χ2n) is 5.33. The van der Waals surface area contributed by atoms with Crippen molar-refractivity contribution >= 4 is 11.8 Å². The van der Waals surface area contributed by atoms with Crippen LogP contribution >= 0.6 is 0 Å². The van der Waals surface area contributed by atoms with Crippen LogP contribution in [0.25, 0.3) is 0 Å². The molecule has 96 valence electrons. The van der Waals surface area contributed by atoms with E-state index in [9.17, 15) is 4.79 Å². The molecule has 1 aliphatic heterocycles. The Hall–Kier alpha value is -1.84. The quantitative estimate of drug-likeness (QED) is 0.837. The molecule has 4 heteroatoms. The van der Waals surface area contributed by atoms with Crippen molar-refractivity contribution in [1.82, 2.24) is 5.32 Å². The lowest BCUT2D eigenvalue weighted by molar-refractivity contribution is -0.137. The van der Waals surface area contributed by atoms with Crippen molar-refractivity contribution in [2.45, 2.75) is 38.8 Å². The zero-order valence-corrected chi connectivity index (χ0v) is 10.9. The van der Waals surface area contributed by atoms with Gasteiger partial charge in [0.15, 0.2) is 0 Å². The molecule has 0 fully saturated rings. The topological polar surface area (TPSA) is 61.7 Å². The molecule has 18 heavy (non-hydrogen) atoms. The van der Waals surface area contributed by atoms with E-state index in [0.717, 1.165) is 12.0 Å². The van der Waals surface area contributed by atoms with E-state index >= 15 is 0 Å². The summed E-state index contributed by atoms with van der Waals surface area (Å²) >= 11 is 0. The van der Waals surface area contributed by atoms with Gasteiger partial charge in [0.05, 0.1) is 0 Å². The highest BCUT2D eigenvalue weighted by Gasteiger charge is 2.28. The van der Waals surface area contributed by atoms with Crippen LogP contribution in [0.4, 0.5) is 0 Å². The number of fused-ring (bicyclic) bond motifs is 1. The van der Waals surface area contributed by atoms with Crippen LogP contribution in [0.3, 0.4) is 0 Å². The molecule has 1 aromatic carbocycles. The summed E-state index contributed by atoms with van der Waals surface area (Å²) < 4.78 is 0. The van der Waals surface area contributed by atoms with Gasteiger partial charge in [0.2, 0.25) is 0 Å². The van der Waals surface area contributed by atoms with Crippen molar-refractivity contribution in [3.63, 3.8) is 0 Å². The first kappa shape index (κ1) is 12.6. The molecule has 0 saturated heterocycles. The standard InChI is InChI=1S/C14H18N2O2/c1-9(13(17)18)15-12-11-7-5-4-6-10(11)8-14(2,3)16-12/h4-7,9H,8H2,1-3H3,(H,15,16)(H,17,18)/t9-/m0/s1. The van der Waals surface area contributed by atoms with Crippen LogP contribution in [0.2, 0.25) is 0 Å². The molecule has 0 unspecified atom stereocenters. The van der Waals surface area contributed by atoms with Gasteiger partial charge < -0.3 is 10.4 Å². The summed E-state index contributed by atoms with van der Waals surface area (Å²) in [6.07, 6.45) is 0.906. The highest BCUT2D eigenvalue weighted by molar-refractivity contribution is 6.02. The van der Waals surface area contributed by atoms with E-state index < -0.39 is 12.0 Å². The average Bonchev–Trinajstić information content (AvgIpc) is 2.27. The maximum atomic E-state index is 10.9. The first-order valence-corrected chi connectivity index (χ1v) is 6.06. The molecule has 2 rings (SSSR count). The van der Waals surface area contributed by atoms with Crippen LogP contribution in [0, 0.1) is 0 Å². The van der Waals surface area contributed by atoms with Gasteiger partial charge in [-0.15, -0.1) is 0 Å². The van der Waals surface area contributed by atoms with E-state index in [2.05, 4.69) is 30.2 Å². The highest BCUT2D eigenvalue weighted by atomic mass is 16.4. The van der Waals surface area contributed by atoms with Gasteiger partial charge in [-0.3, -0.25) is 4.99 Å². The van der Waals surface area contributed by atoms with Crippen LogP contribution in [-0.4, -0.2) is 28.5 Å². The number of hydrogen-bond donors (Lipinski definition) is 2. The molecule has 0 bridgehead atoms. The van der Waals surface area contributed by atoms with E-state index in [4.69, 9.17) is 5.11 Å². The largest absolute Gasteiger partial charge is 0.480 e. The fraction of sp³-hybridized carbons (Fsp3) is 0.429. The number of hydrogen-bond acceptors (Lipinski definition) is 2. The molecule has 0 radical (unpaired) electrons. The third kappa shape index (κ3) is 2.53. The molecule has 1 aromatic rings. The number of aliphatic imine (C=N–C) groups is 1. The van der Waals surface area contributed by atoms with E-state index in [0.29, 0.717) is 5.84 Å². The fourth-order valence-corrected chi connectivity index (χ4v) is 2.16. The summed E-state index contributed by atoms with van der Waals surface area (Å²) in [6, 6.07) is 7.25. The number of carboxylic acid groups (broad SMARTS) is 1. The normalized spacial score (nSPS) is 20.9. The molecule has 1 heterocycles. The van der Waals surface area contributed by atoms with Gasteiger partial charge in [-0.25, -0.2) is 4.79 Å². The van der Waals surface area contributed by atoms with Crippen molar-refractivity contribution in [2.24, 2.45) is 4.99 Å². The zero-order chi connectivity index (χ0) is 13.3. The molecule has 0 aromatic heterocycles. The summed E-state index contributed by atoms with van der Waals surface area (Å²) in [5, 5.41) is 12.3. The third-order valence-electron chi connectivity index (χ3n) is 3.04. The maximum absolute atomic E-state index is 10.9. The van der Waals surface area contributed by atoms with Crippen LogP contribution in [0.1, 0.15) is 31.9 Å². The summed E-state index contributed by atoms with van der Waals surface area (Å²) in [7, 11) is 0.